The minimum Gasteiger partial charge on any atom is -0.475 e. The minimum absolute atomic E-state index is 0.0289. The molecule has 0 radical (unpaired) electrons. The van der Waals surface area contributed by atoms with E-state index in [2.05, 4.69) is 4.99 Å². The first kappa shape index (κ1) is 21.4. The van der Waals surface area contributed by atoms with Gasteiger partial charge in [-0.25, -0.2) is 4.79 Å². The van der Waals surface area contributed by atoms with E-state index in [1.54, 1.807) is 0 Å². The van der Waals surface area contributed by atoms with Gasteiger partial charge in [-0.15, -0.1) is 0 Å². The van der Waals surface area contributed by atoms with Gasteiger partial charge in [-0.2, -0.15) is 13.2 Å². The summed E-state index contributed by atoms with van der Waals surface area (Å²) in [6.45, 7) is 0.150. The fourth-order valence-corrected chi connectivity index (χ4v) is 1.72. The van der Waals surface area contributed by atoms with Crippen molar-refractivity contribution in [3.8, 4) is 0 Å². The summed E-state index contributed by atoms with van der Waals surface area (Å²) in [6.07, 6.45) is -7.07. The van der Waals surface area contributed by atoms with Crippen LogP contribution in [-0.4, -0.2) is 76.1 Å². The van der Waals surface area contributed by atoms with E-state index in [1.807, 2.05) is 0 Å². The topological polar surface area (TPSA) is 172 Å². The molecule has 9 nitrogen and oxygen atoms in total. The Labute approximate surface area is 129 Å². The molecule has 12 heteroatoms. The van der Waals surface area contributed by atoms with Crippen LogP contribution in [0, 0.1) is 0 Å². The van der Waals surface area contributed by atoms with Crippen molar-refractivity contribution >= 4 is 11.9 Å². The molecule has 1 rings (SSSR count). The standard InChI is InChI=1S/C9H19N3O4.C2HF3O2/c10-9(11)12-3-1-2-5-7(14)8(15)6(4-13)16-5;3-2(4,5)1(6)7/h5-8,13-15H,1-4H2,(H4,10,11,12);(H,6,7)/t5-,6+,7-,8+;/m0./s1. The molecule has 1 aliphatic rings. The van der Waals surface area contributed by atoms with Crippen LogP contribution >= 0.6 is 0 Å². The lowest BCUT2D eigenvalue weighted by Crippen LogP contribution is -2.33. The second-order valence-corrected chi connectivity index (χ2v) is 4.63. The smallest absolute Gasteiger partial charge is 0.475 e. The number of nitrogens with two attached hydrogens (primary N) is 2. The van der Waals surface area contributed by atoms with Crippen molar-refractivity contribution in [3.05, 3.63) is 0 Å². The van der Waals surface area contributed by atoms with Crippen LogP contribution in [0.4, 0.5) is 13.2 Å². The van der Waals surface area contributed by atoms with Gasteiger partial charge in [0.2, 0.25) is 0 Å². The summed E-state index contributed by atoms with van der Waals surface area (Å²) in [5.74, 6) is -2.73. The molecule has 8 N–H and O–H groups in total. The highest BCUT2D eigenvalue weighted by atomic mass is 19.4. The summed E-state index contributed by atoms with van der Waals surface area (Å²) in [5, 5.41) is 35.1. The van der Waals surface area contributed by atoms with Gasteiger partial charge in [0.05, 0.1) is 12.7 Å². The Kier molecular flexibility index (Phi) is 8.82. The predicted octanol–water partition coefficient (Wildman–Crippen LogP) is -1.85. The summed E-state index contributed by atoms with van der Waals surface area (Å²) in [4.78, 5) is 12.7. The Morgan fingerprint density at radius 2 is 1.65 bits per heavy atom. The summed E-state index contributed by atoms with van der Waals surface area (Å²) >= 11 is 0. The van der Waals surface area contributed by atoms with Gasteiger partial charge in [0.1, 0.15) is 18.3 Å². The lowest BCUT2D eigenvalue weighted by molar-refractivity contribution is -0.192. The summed E-state index contributed by atoms with van der Waals surface area (Å²) < 4.78 is 37.0. The van der Waals surface area contributed by atoms with E-state index >= 15 is 0 Å². The molecule has 1 aliphatic heterocycles. The van der Waals surface area contributed by atoms with E-state index in [9.17, 15) is 23.4 Å². The van der Waals surface area contributed by atoms with Gasteiger partial charge in [0, 0.05) is 6.54 Å². The Balaban J connectivity index is 0.000000585. The fraction of sp³-hybridized carbons (Fsp3) is 0.818. The number of rotatable bonds is 5. The third kappa shape index (κ3) is 7.97. The van der Waals surface area contributed by atoms with Crippen LogP contribution in [0.5, 0.6) is 0 Å². The van der Waals surface area contributed by atoms with Gasteiger partial charge < -0.3 is 36.6 Å². The Hall–Kier alpha value is -1.63. The maximum absolute atomic E-state index is 10.6. The largest absolute Gasteiger partial charge is 0.490 e. The zero-order chi connectivity index (χ0) is 18.2. The number of hydrogen-bond donors (Lipinski definition) is 6. The highest BCUT2D eigenvalue weighted by Gasteiger charge is 2.41. The van der Waals surface area contributed by atoms with Crippen molar-refractivity contribution in [1.29, 1.82) is 0 Å². The van der Waals surface area contributed by atoms with Crippen LogP contribution in [0.15, 0.2) is 4.99 Å². The van der Waals surface area contributed by atoms with Crippen molar-refractivity contribution in [2.24, 2.45) is 16.5 Å². The molecule has 136 valence electrons. The number of aliphatic hydroxyl groups excluding tert-OH is 3. The molecule has 0 amide bonds. The number of aliphatic carboxylic acids is 1. The number of aliphatic imine (C=N–C) groups is 1. The minimum atomic E-state index is -5.08. The van der Waals surface area contributed by atoms with Crippen LogP contribution < -0.4 is 11.5 Å². The number of guanidine groups is 1. The zero-order valence-electron chi connectivity index (χ0n) is 12.0. The van der Waals surface area contributed by atoms with Gasteiger partial charge in [0.15, 0.2) is 5.96 Å². The van der Waals surface area contributed by atoms with Crippen molar-refractivity contribution in [2.45, 2.75) is 43.4 Å². The Morgan fingerprint density at radius 1 is 1.17 bits per heavy atom. The number of carboxylic acid groups (broad SMARTS) is 1. The molecule has 1 saturated heterocycles. The molecule has 0 aromatic rings. The average Bonchev–Trinajstić information content (AvgIpc) is 2.70. The number of halogens is 3. The van der Waals surface area contributed by atoms with Gasteiger partial charge in [0.25, 0.3) is 0 Å². The number of alkyl halides is 3. The number of carboxylic acids is 1. The third-order valence-electron chi connectivity index (χ3n) is 2.82. The summed E-state index contributed by atoms with van der Waals surface area (Å²) in [5.41, 5.74) is 10.3. The lowest BCUT2D eigenvalue weighted by Gasteiger charge is -2.13. The van der Waals surface area contributed by atoms with E-state index < -0.39 is 36.6 Å². The predicted molar refractivity (Wildman–Crippen MR) is 71.4 cm³/mol. The highest BCUT2D eigenvalue weighted by molar-refractivity contribution is 5.75. The van der Waals surface area contributed by atoms with E-state index in [0.29, 0.717) is 19.4 Å². The maximum atomic E-state index is 10.6. The highest BCUT2D eigenvalue weighted by Crippen LogP contribution is 2.24. The van der Waals surface area contributed by atoms with E-state index in [0.717, 1.165) is 0 Å². The molecule has 0 saturated carbocycles. The van der Waals surface area contributed by atoms with E-state index in [-0.39, 0.29) is 12.6 Å². The summed E-state index contributed by atoms with van der Waals surface area (Å²) in [6, 6.07) is 0. The second kappa shape index (κ2) is 9.50. The molecule has 0 aromatic carbocycles. The van der Waals surface area contributed by atoms with Crippen molar-refractivity contribution in [1.82, 2.24) is 0 Å². The van der Waals surface area contributed by atoms with E-state index in [4.69, 9.17) is 31.2 Å². The molecule has 23 heavy (non-hydrogen) atoms. The molecule has 1 fully saturated rings. The SMILES string of the molecule is NC(N)=NCCC[C@@H]1O[C@H](CO)[C@@H](O)[C@H]1O.O=C(O)C(F)(F)F. The molecule has 4 atom stereocenters. The Morgan fingerprint density at radius 3 is 2.00 bits per heavy atom. The number of carbonyl (C=O) groups is 1. The molecular weight excluding hydrogens is 327 g/mol. The quantitative estimate of drug-likeness (QED) is 0.191. The number of hydrogen-bond acceptors (Lipinski definition) is 6. The average molecular weight is 347 g/mol. The van der Waals surface area contributed by atoms with E-state index in [1.165, 1.54) is 0 Å². The zero-order valence-corrected chi connectivity index (χ0v) is 12.0. The second-order valence-electron chi connectivity index (χ2n) is 4.63. The molecule has 0 aromatic heterocycles. The molecule has 0 spiro atoms. The van der Waals surface area contributed by atoms with Gasteiger partial charge >= 0.3 is 12.1 Å². The Bertz CT molecular complexity index is 403. The normalized spacial score (nSPS) is 27.0. The number of ether oxygens (including phenoxy) is 1. The lowest BCUT2D eigenvalue weighted by atomic mass is 10.0. The monoisotopic (exact) mass is 347 g/mol. The molecule has 0 unspecified atom stereocenters. The fourth-order valence-electron chi connectivity index (χ4n) is 1.72. The first-order valence-corrected chi connectivity index (χ1v) is 6.48. The summed E-state index contributed by atoms with van der Waals surface area (Å²) in [7, 11) is 0. The number of aliphatic hydroxyl groups is 3. The first-order valence-electron chi connectivity index (χ1n) is 6.48. The van der Waals surface area contributed by atoms with Gasteiger partial charge in [-0.3, -0.25) is 4.99 Å². The van der Waals surface area contributed by atoms with Crippen LogP contribution in [0.25, 0.3) is 0 Å². The van der Waals surface area contributed by atoms with Crippen molar-refractivity contribution in [3.63, 3.8) is 0 Å². The molecular formula is C11H20F3N3O6. The van der Waals surface area contributed by atoms with Crippen LogP contribution in [0.1, 0.15) is 12.8 Å². The molecule has 0 aliphatic carbocycles. The van der Waals surface area contributed by atoms with Crippen LogP contribution in [-0.2, 0) is 9.53 Å². The first-order chi connectivity index (χ1) is 10.5. The van der Waals surface area contributed by atoms with Gasteiger partial charge in [-0.1, -0.05) is 0 Å². The third-order valence-corrected chi connectivity index (χ3v) is 2.82. The van der Waals surface area contributed by atoms with Crippen molar-refractivity contribution < 1.29 is 43.1 Å². The molecule has 0 bridgehead atoms. The van der Waals surface area contributed by atoms with Crippen molar-refractivity contribution in [2.75, 3.05) is 13.2 Å². The molecule has 1 heterocycles. The van der Waals surface area contributed by atoms with Gasteiger partial charge in [-0.05, 0) is 12.8 Å². The number of nitrogens with zero attached hydrogens (tertiary/aromatic N) is 1. The maximum Gasteiger partial charge on any atom is 0.490 e. The van der Waals surface area contributed by atoms with Crippen LogP contribution in [0.3, 0.4) is 0 Å². The van der Waals surface area contributed by atoms with Crippen LogP contribution in [0.2, 0.25) is 0 Å².